The molecule has 4 rings (SSSR count). The summed E-state index contributed by atoms with van der Waals surface area (Å²) in [6.07, 6.45) is 7.94. The van der Waals surface area contributed by atoms with E-state index in [1.807, 2.05) is 19.0 Å². The number of fused-ring (bicyclic) bond motifs is 1. The van der Waals surface area contributed by atoms with Crippen molar-refractivity contribution in [3.8, 4) is 5.75 Å². The molecule has 1 fully saturated rings. The number of nitrogens with zero attached hydrogens (tertiary/aromatic N) is 3. The number of aromatic nitrogens is 2. The Balaban J connectivity index is 1.67. The molecule has 1 aromatic heterocycles. The SMILES string of the molecule is CN(C)CC=CC(=O)Nc1cc2c(Nc3ccc(F)c(Cl)c3)ncnc2cc1OC1CCC1. The predicted molar refractivity (Wildman–Crippen MR) is 129 cm³/mol. The van der Waals surface area contributed by atoms with Crippen molar-refractivity contribution in [2.45, 2.75) is 25.4 Å². The summed E-state index contributed by atoms with van der Waals surface area (Å²) in [5, 5.41) is 6.74. The zero-order valence-electron chi connectivity index (χ0n) is 18.4. The second-order valence-corrected chi connectivity index (χ2v) is 8.57. The van der Waals surface area contributed by atoms with E-state index in [9.17, 15) is 9.18 Å². The molecule has 0 spiro atoms. The number of likely N-dealkylation sites (N-methyl/N-ethyl adjacent to an activating group) is 1. The molecule has 3 aromatic rings. The van der Waals surface area contributed by atoms with Crippen LogP contribution in [0.5, 0.6) is 5.75 Å². The molecule has 7 nitrogen and oxygen atoms in total. The third-order valence-electron chi connectivity index (χ3n) is 5.26. The number of amides is 1. The molecule has 0 unspecified atom stereocenters. The molecule has 2 aromatic carbocycles. The molecule has 172 valence electrons. The van der Waals surface area contributed by atoms with Gasteiger partial charge in [0.15, 0.2) is 0 Å². The lowest BCUT2D eigenvalue weighted by molar-refractivity contribution is -0.111. The van der Waals surface area contributed by atoms with Gasteiger partial charge in [0, 0.05) is 29.8 Å². The summed E-state index contributed by atoms with van der Waals surface area (Å²) < 4.78 is 19.7. The topological polar surface area (TPSA) is 79.4 Å². The summed E-state index contributed by atoms with van der Waals surface area (Å²) in [6.45, 7) is 0.651. The van der Waals surface area contributed by atoms with Crippen molar-refractivity contribution < 1.29 is 13.9 Å². The van der Waals surface area contributed by atoms with Crippen LogP contribution in [0.15, 0.2) is 48.8 Å². The molecule has 0 saturated heterocycles. The van der Waals surface area contributed by atoms with Gasteiger partial charge < -0.3 is 20.3 Å². The van der Waals surface area contributed by atoms with E-state index in [1.54, 1.807) is 24.3 Å². The van der Waals surface area contributed by atoms with Crippen LogP contribution < -0.4 is 15.4 Å². The van der Waals surface area contributed by atoms with Gasteiger partial charge in [-0.1, -0.05) is 17.7 Å². The van der Waals surface area contributed by atoms with Crippen LogP contribution in [0.2, 0.25) is 5.02 Å². The molecule has 1 aliphatic carbocycles. The summed E-state index contributed by atoms with van der Waals surface area (Å²) in [4.78, 5) is 23.2. The van der Waals surface area contributed by atoms with Gasteiger partial charge in [-0.15, -0.1) is 0 Å². The van der Waals surface area contributed by atoms with Gasteiger partial charge in [0.2, 0.25) is 5.91 Å². The van der Waals surface area contributed by atoms with Crippen molar-refractivity contribution in [1.29, 1.82) is 0 Å². The Morgan fingerprint density at radius 1 is 1.27 bits per heavy atom. The lowest BCUT2D eigenvalue weighted by atomic mass is 9.96. The van der Waals surface area contributed by atoms with Crippen LogP contribution in [0, 0.1) is 5.82 Å². The molecule has 0 atom stereocenters. The molecule has 1 aliphatic rings. The largest absolute Gasteiger partial charge is 0.488 e. The van der Waals surface area contributed by atoms with Gasteiger partial charge in [-0.2, -0.15) is 0 Å². The van der Waals surface area contributed by atoms with E-state index < -0.39 is 5.82 Å². The number of carbonyl (C=O) groups excluding carboxylic acids is 1. The minimum atomic E-state index is -0.500. The number of halogens is 2. The number of nitrogens with one attached hydrogen (secondary N) is 2. The predicted octanol–water partition coefficient (Wildman–Crippen LogP) is 5.15. The third kappa shape index (κ3) is 5.77. The molecule has 2 N–H and O–H groups in total. The molecule has 33 heavy (non-hydrogen) atoms. The molecular weight excluding hydrogens is 445 g/mol. The standard InChI is InChI=1S/C24H25ClFN5O2/c1-31(2)10-4-7-23(32)30-21-12-17-20(13-22(21)33-16-5-3-6-16)27-14-28-24(17)29-15-8-9-19(26)18(25)11-15/h4,7-9,11-14,16H,3,5-6,10H2,1-2H3,(H,30,32)(H,27,28,29). The first-order valence-electron chi connectivity index (χ1n) is 10.7. The van der Waals surface area contributed by atoms with E-state index in [1.165, 1.54) is 24.5 Å². The lowest BCUT2D eigenvalue weighted by Crippen LogP contribution is -2.25. The molecule has 9 heteroatoms. The Kier molecular flexibility index (Phi) is 7.05. The van der Waals surface area contributed by atoms with E-state index in [-0.39, 0.29) is 17.0 Å². The van der Waals surface area contributed by atoms with Gasteiger partial charge in [0.25, 0.3) is 0 Å². The molecule has 0 radical (unpaired) electrons. The van der Waals surface area contributed by atoms with E-state index in [0.717, 1.165) is 19.3 Å². The normalized spacial score (nSPS) is 14.0. The zero-order valence-corrected chi connectivity index (χ0v) is 19.2. The second-order valence-electron chi connectivity index (χ2n) is 8.17. The minimum Gasteiger partial charge on any atom is -0.488 e. The second kappa shape index (κ2) is 10.1. The maximum absolute atomic E-state index is 13.5. The Bertz CT molecular complexity index is 1200. The maximum Gasteiger partial charge on any atom is 0.248 e. The van der Waals surface area contributed by atoms with Crippen molar-refractivity contribution in [2.24, 2.45) is 0 Å². The number of rotatable bonds is 8. The van der Waals surface area contributed by atoms with E-state index in [2.05, 4.69) is 20.6 Å². The minimum absolute atomic E-state index is 0.00649. The first-order chi connectivity index (χ1) is 15.9. The summed E-state index contributed by atoms with van der Waals surface area (Å²) in [7, 11) is 3.86. The maximum atomic E-state index is 13.5. The van der Waals surface area contributed by atoms with Gasteiger partial charge in [-0.3, -0.25) is 4.79 Å². The fourth-order valence-corrected chi connectivity index (χ4v) is 3.48. The fraction of sp³-hybridized carbons (Fsp3) is 0.292. The van der Waals surface area contributed by atoms with Gasteiger partial charge >= 0.3 is 0 Å². The summed E-state index contributed by atoms with van der Waals surface area (Å²) in [5.41, 5.74) is 1.76. The molecule has 1 amide bonds. The summed E-state index contributed by atoms with van der Waals surface area (Å²) in [5.74, 6) is 0.304. The number of benzene rings is 2. The zero-order chi connectivity index (χ0) is 23.4. The average Bonchev–Trinajstić information content (AvgIpc) is 2.73. The van der Waals surface area contributed by atoms with Crippen LogP contribution in [0.25, 0.3) is 10.9 Å². The van der Waals surface area contributed by atoms with Gasteiger partial charge in [-0.05, 0) is 57.6 Å². The Hall–Kier alpha value is -3.23. The number of hydrogen-bond acceptors (Lipinski definition) is 6. The number of ether oxygens (including phenoxy) is 1. The molecule has 0 aliphatic heterocycles. The van der Waals surface area contributed by atoms with Crippen LogP contribution in [-0.2, 0) is 4.79 Å². The highest BCUT2D eigenvalue weighted by Gasteiger charge is 2.22. The highest BCUT2D eigenvalue weighted by Crippen LogP contribution is 2.36. The van der Waals surface area contributed by atoms with Crippen molar-refractivity contribution in [3.63, 3.8) is 0 Å². The highest BCUT2D eigenvalue weighted by molar-refractivity contribution is 6.31. The monoisotopic (exact) mass is 469 g/mol. The molecule has 0 bridgehead atoms. The van der Waals surface area contributed by atoms with Crippen LogP contribution in [-0.4, -0.2) is 47.5 Å². The smallest absolute Gasteiger partial charge is 0.248 e. The Labute approximate surface area is 196 Å². The van der Waals surface area contributed by atoms with Crippen molar-refractivity contribution in [2.75, 3.05) is 31.3 Å². The van der Waals surface area contributed by atoms with Crippen molar-refractivity contribution >= 4 is 45.6 Å². The molecule has 1 heterocycles. The summed E-state index contributed by atoms with van der Waals surface area (Å²) >= 11 is 5.91. The molecule has 1 saturated carbocycles. The van der Waals surface area contributed by atoms with Crippen LogP contribution in [0.3, 0.4) is 0 Å². The van der Waals surface area contributed by atoms with Crippen molar-refractivity contribution in [3.05, 3.63) is 59.7 Å². The average molecular weight is 470 g/mol. The van der Waals surface area contributed by atoms with Gasteiger partial charge in [0.1, 0.15) is 23.7 Å². The third-order valence-corrected chi connectivity index (χ3v) is 5.55. The number of hydrogen-bond donors (Lipinski definition) is 2. The summed E-state index contributed by atoms with van der Waals surface area (Å²) in [6, 6.07) is 7.93. The number of anilines is 3. The lowest BCUT2D eigenvalue weighted by Gasteiger charge is -2.27. The van der Waals surface area contributed by atoms with E-state index >= 15 is 0 Å². The highest BCUT2D eigenvalue weighted by atomic mass is 35.5. The van der Waals surface area contributed by atoms with E-state index in [0.29, 0.717) is 40.4 Å². The Morgan fingerprint density at radius 2 is 2.09 bits per heavy atom. The van der Waals surface area contributed by atoms with Crippen LogP contribution in [0.4, 0.5) is 21.6 Å². The van der Waals surface area contributed by atoms with Gasteiger partial charge in [0.05, 0.1) is 22.3 Å². The molecular formula is C24H25ClFN5O2. The first kappa shape index (κ1) is 22.9. The van der Waals surface area contributed by atoms with Crippen LogP contribution in [0.1, 0.15) is 19.3 Å². The fourth-order valence-electron chi connectivity index (χ4n) is 3.30. The van der Waals surface area contributed by atoms with E-state index in [4.69, 9.17) is 16.3 Å². The number of carbonyl (C=O) groups is 1. The Morgan fingerprint density at radius 3 is 2.79 bits per heavy atom. The van der Waals surface area contributed by atoms with Gasteiger partial charge in [-0.25, -0.2) is 14.4 Å². The van der Waals surface area contributed by atoms with Crippen molar-refractivity contribution in [1.82, 2.24) is 14.9 Å². The van der Waals surface area contributed by atoms with Crippen LogP contribution >= 0.6 is 11.6 Å². The quantitative estimate of drug-likeness (QED) is 0.444. The first-order valence-corrected chi connectivity index (χ1v) is 11.1.